The van der Waals surface area contributed by atoms with Gasteiger partial charge < -0.3 is 16.2 Å². The van der Waals surface area contributed by atoms with Crippen molar-refractivity contribution in [2.24, 2.45) is 5.73 Å². The topological polar surface area (TPSA) is 92.4 Å². The molecule has 0 aliphatic carbocycles. The zero-order valence-corrected chi connectivity index (χ0v) is 9.66. The average molecular weight is 242 g/mol. The molecule has 5 nitrogen and oxygen atoms in total. The Kier molecular flexibility index (Phi) is 4.45. The molecule has 1 aromatic rings. The molecule has 1 rings (SSSR count). The lowest BCUT2D eigenvalue weighted by atomic mass is 10.2. The van der Waals surface area contributed by atoms with Gasteiger partial charge in [-0.1, -0.05) is 6.07 Å². The van der Waals surface area contributed by atoms with Gasteiger partial charge in [-0.2, -0.15) is 0 Å². The number of carboxylic acid groups (broad SMARTS) is 1. The fraction of sp³-hybridized carbons (Fsp3) is 0.400. The van der Waals surface area contributed by atoms with E-state index in [1.54, 1.807) is 0 Å². The zero-order chi connectivity index (χ0) is 12.1. The number of thiophene rings is 1. The van der Waals surface area contributed by atoms with Crippen LogP contribution in [0.2, 0.25) is 0 Å². The first kappa shape index (κ1) is 12.7. The van der Waals surface area contributed by atoms with Crippen molar-refractivity contribution >= 4 is 23.2 Å². The van der Waals surface area contributed by atoms with Gasteiger partial charge in [-0.05, 0) is 18.4 Å². The molecule has 2 atom stereocenters. The SMILES string of the molecule is C[C@@H](NC(=O)C(N)CC(=O)O)c1cccs1. The van der Waals surface area contributed by atoms with Crippen LogP contribution in [0.4, 0.5) is 0 Å². The van der Waals surface area contributed by atoms with Crippen LogP contribution < -0.4 is 11.1 Å². The lowest BCUT2D eigenvalue weighted by molar-refractivity contribution is -0.139. The van der Waals surface area contributed by atoms with Crippen LogP contribution in [0.15, 0.2) is 17.5 Å². The van der Waals surface area contributed by atoms with Crippen LogP contribution in [0.3, 0.4) is 0 Å². The zero-order valence-electron chi connectivity index (χ0n) is 8.84. The molecule has 0 saturated heterocycles. The highest BCUT2D eigenvalue weighted by Gasteiger charge is 2.19. The summed E-state index contributed by atoms with van der Waals surface area (Å²) in [6, 6.07) is 2.64. The molecule has 0 radical (unpaired) electrons. The highest BCUT2D eigenvalue weighted by molar-refractivity contribution is 7.10. The molecule has 0 aliphatic rings. The molecular weight excluding hydrogens is 228 g/mol. The van der Waals surface area contributed by atoms with E-state index in [9.17, 15) is 9.59 Å². The van der Waals surface area contributed by atoms with Gasteiger partial charge >= 0.3 is 5.97 Å². The van der Waals surface area contributed by atoms with Crippen molar-refractivity contribution in [2.45, 2.75) is 25.4 Å². The molecule has 1 aromatic heterocycles. The quantitative estimate of drug-likeness (QED) is 0.709. The minimum absolute atomic E-state index is 0.146. The monoisotopic (exact) mass is 242 g/mol. The summed E-state index contributed by atoms with van der Waals surface area (Å²) < 4.78 is 0. The third kappa shape index (κ3) is 3.63. The van der Waals surface area contributed by atoms with Crippen LogP contribution in [0.25, 0.3) is 0 Å². The van der Waals surface area contributed by atoms with Crippen molar-refractivity contribution in [2.75, 3.05) is 0 Å². The third-order valence-corrected chi connectivity index (χ3v) is 3.12. The first-order valence-electron chi connectivity index (χ1n) is 4.82. The molecule has 1 amide bonds. The van der Waals surface area contributed by atoms with E-state index < -0.39 is 17.9 Å². The Labute approximate surface area is 97.3 Å². The standard InChI is InChI=1S/C10H14N2O3S/c1-6(8-3-2-4-16-8)12-10(15)7(11)5-9(13)14/h2-4,6-7H,5,11H2,1H3,(H,12,15)(H,13,14)/t6-,7?/m1/s1. The van der Waals surface area contributed by atoms with Crippen molar-refractivity contribution < 1.29 is 14.7 Å². The van der Waals surface area contributed by atoms with Crippen molar-refractivity contribution in [1.82, 2.24) is 5.32 Å². The molecular formula is C10H14N2O3S. The summed E-state index contributed by atoms with van der Waals surface area (Å²) in [4.78, 5) is 22.9. The Balaban J connectivity index is 2.48. The van der Waals surface area contributed by atoms with E-state index in [1.807, 2.05) is 24.4 Å². The van der Waals surface area contributed by atoms with Gasteiger partial charge in [-0.25, -0.2) is 0 Å². The number of hydrogen-bond acceptors (Lipinski definition) is 4. The number of carbonyl (C=O) groups is 2. The number of rotatable bonds is 5. The largest absolute Gasteiger partial charge is 0.481 e. The fourth-order valence-corrected chi connectivity index (χ4v) is 1.94. The number of nitrogens with two attached hydrogens (primary N) is 1. The molecule has 0 aromatic carbocycles. The smallest absolute Gasteiger partial charge is 0.305 e. The second-order valence-corrected chi connectivity index (χ2v) is 4.43. The average Bonchev–Trinajstić information content (AvgIpc) is 2.68. The van der Waals surface area contributed by atoms with Gasteiger partial charge in [0.25, 0.3) is 0 Å². The lowest BCUT2D eigenvalue weighted by Crippen LogP contribution is -2.42. The molecule has 0 aliphatic heterocycles. The number of aliphatic carboxylic acids is 1. The summed E-state index contributed by atoms with van der Waals surface area (Å²) in [5.41, 5.74) is 5.43. The minimum atomic E-state index is -1.08. The number of hydrogen-bond donors (Lipinski definition) is 3. The van der Waals surface area contributed by atoms with Crippen molar-refractivity contribution in [3.63, 3.8) is 0 Å². The van der Waals surface area contributed by atoms with E-state index in [2.05, 4.69) is 5.32 Å². The molecule has 0 bridgehead atoms. The molecule has 16 heavy (non-hydrogen) atoms. The van der Waals surface area contributed by atoms with Gasteiger partial charge in [0.15, 0.2) is 0 Å². The summed E-state index contributed by atoms with van der Waals surface area (Å²) in [6.07, 6.45) is -0.358. The summed E-state index contributed by atoms with van der Waals surface area (Å²) in [6.45, 7) is 1.83. The van der Waals surface area contributed by atoms with E-state index in [1.165, 1.54) is 11.3 Å². The molecule has 0 spiro atoms. The maximum atomic E-state index is 11.5. The van der Waals surface area contributed by atoms with Crippen LogP contribution in [-0.2, 0) is 9.59 Å². The highest BCUT2D eigenvalue weighted by atomic mass is 32.1. The third-order valence-electron chi connectivity index (χ3n) is 2.06. The summed E-state index contributed by atoms with van der Waals surface area (Å²) >= 11 is 1.53. The predicted molar refractivity (Wildman–Crippen MR) is 61.1 cm³/mol. The maximum absolute atomic E-state index is 11.5. The molecule has 4 N–H and O–H groups in total. The first-order chi connectivity index (χ1) is 7.50. The van der Waals surface area contributed by atoms with Crippen molar-refractivity contribution in [1.29, 1.82) is 0 Å². The lowest BCUT2D eigenvalue weighted by Gasteiger charge is -2.15. The number of amides is 1. The number of carboxylic acids is 1. The van der Waals surface area contributed by atoms with Crippen molar-refractivity contribution in [3.8, 4) is 0 Å². The molecule has 1 heterocycles. The molecule has 1 unspecified atom stereocenters. The Morgan fingerprint density at radius 3 is 2.81 bits per heavy atom. The van der Waals surface area contributed by atoms with E-state index >= 15 is 0 Å². The van der Waals surface area contributed by atoms with Gasteiger partial charge in [0.05, 0.1) is 18.5 Å². The second kappa shape index (κ2) is 5.62. The highest BCUT2D eigenvalue weighted by Crippen LogP contribution is 2.17. The van der Waals surface area contributed by atoms with Gasteiger partial charge in [-0.15, -0.1) is 11.3 Å². The predicted octanol–water partition coefficient (Wildman–Crippen LogP) is 0.727. The molecule has 88 valence electrons. The number of nitrogens with one attached hydrogen (secondary N) is 1. The first-order valence-corrected chi connectivity index (χ1v) is 5.70. The Morgan fingerprint density at radius 2 is 2.31 bits per heavy atom. The van der Waals surface area contributed by atoms with Crippen molar-refractivity contribution in [3.05, 3.63) is 22.4 Å². The van der Waals surface area contributed by atoms with Crippen LogP contribution in [0.1, 0.15) is 24.3 Å². The Bertz CT molecular complexity index is 364. The van der Waals surface area contributed by atoms with Crippen LogP contribution >= 0.6 is 11.3 Å². The summed E-state index contributed by atoms with van der Waals surface area (Å²) in [5.74, 6) is -1.52. The second-order valence-electron chi connectivity index (χ2n) is 3.45. The van der Waals surface area contributed by atoms with Crippen LogP contribution in [0.5, 0.6) is 0 Å². The summed E-state index contributed by atoms with van der Waals surface area (Å²) in [7, 11) is 0. The normalized spacial score (nSPS) is 14.1. The Morgan fingerprint density at radius 1 is 1.62 bits per heavy atom. The van der Waals surface area contributed by atoms with E-state index in [-0.39, 0.29) is 12.5 Å². The summed E-state index contributed by atoms with van der Waals surface area (Å²) in [5, 5.41) is 13.1. The van der Waals surface area contributed by atoms with Gasteiger partial charge in [0, 0.05) is 4.88 Å². The number of carbonyl (C=O) groups excluding carboxylic acids is 1. The molecule has 0 fully saturated rings. The van der Waals surface area contributed by atoms with Crippen LogP contribution in [-0.4, -0.2) is 23.0 Å². The fourth-order valence-electron chi connectivity index (χ4n) is 1.21. The molecule has 6 heteroatoms. The van der Waals surface area contributed by atoms with Crippen LogP contribution in [0, 0.1) is 0 Å². The van der Waals surface area contributed by atoms with Gasteiger partial charge in [-0.3, -0.25) is 9.59 Å². The van der Waals surface area contributed by atoms with E-state index in [0.717, 1.165) is 4.88 Å². The molecule has 0 saturated carbocycles. The Hall–Kier alpha value is -1.40. The van der Waals surface area contributed by atoms with Gasteiger partial charge in [0.1, 0.15) is 0 Å². The van der Waals surface area contributed by atoms with E-state index in [4.69, 9.17) is 10.8 Å². The van der Waals surface area contributed by atoms with Gasteiger partial charge in [0.2, 0.25) is 5.91 Å². The van der Waals surface area contributed by atoms with E-state index in [0.29, 0.717) is 0 Å². The maximum Gasteiger partial charge on any atom is 0.305 e. The minimum Gasteiger partial charge on any atom is -0.481 e.